The van der Waals surface area contributed by atoms with E-state index in [-0.39, 0.29) is 0 Å². The van der Waals surface area contributed by atoms with E-state index in [1.165, 1.54) is 24.2 Å². The summed E-state index contributed by atoms with van der Waals surface area (Å²) in [5.74, 6) is 0. The number of aldehydes is 1. The third-order valence-electron chi connectivity index (χ3n) is 1.51. The molecule has 0 N–H and O–H groups in total. The number of aromatic nitrogens is 4. The van der Waals surface area contributed by atoms with Crippen molar-refractivity contribution in [3.8, 4) is 0 Å². The molecule has 15 heavy (non-hydrogen) atoms. The summed E-state index contributed by atoms with van der Waals surface area (Å²) in [7, 11) is 0. The Labute approximate surface area is 90.0 Å². The molecule has 0 spiro atoms. The van der Waals surface area contributed by atoms with Gasteiger partial charge in [-0.2, -0.15) is 0 Å². The van der Waals surface area contributed by atoms with Gasteiger partial charge in [0, 0.05) is 24.8 Å². The van der Waals surface area contributed by atoms with Crippen LogP contribution < -0.4 is 0 Å². The molecule has 2 heterocycles. The second-order valence-corrected chi connectivity index (χ2v) is 3.48. The van der Waals surface area contributed by atoms with Crippen LogP contribution in [0.1, 0.15) is 10.4 Å². The minimum Gasteiger partial charge on any atom is -0.298 e. The van der Waals surface area contributed by atoms with Gasteiger partial charge >= 0.3 is 0 Å². The van der Waals surface area contributed by atoms with Crippen LogP contribution in [0.4, 0.5) is 0 Å². The Morgan fingerprint density at radius 3 is 2.20 bits per heavy atom. The highest BCUT2D eigenvalue weighted by Gasteiger charge is 2.01. The lowest BCUT2D eigenvalue weighted by Gasteiger charge is -1.96. The largest absolute Gasteiger partial charge is 0.298 e. The molecule has 2 aromatic heterocycles. The molecular weight excluding hydrogens is 212 g/mol. The fourth-order valence-electron chi connectivity index (χ4n) is 0.860. The van der Waals surface area contributed by atoms with E-state index in [4.69, 9.17) is 0 Å². The summed E-state index contributed by atoms with van der Waals surface area (Å²) in [6, 6.07) is 1.74. The molecule has 6 heteroatoms. The van der Waals surface area contributed by atoms with Gasteiger partial charge in [0.25, 0.3) is 0 Å². The Morgan fingerprint density at radius 1 is 1.00 bits per heavy atom. The highest BCUT2D eigenvalue weighted by molar-refractivity contribution is 7.99. The lowest BCUT2D eigenvalue weighted by molar-refractivity contribution is 0.112. The average Bonchev–Trinajstić information content (AvgIpc) is 2.31. The number of carbonyl (C=O) groups excluding carboxylic acids is 1. The molecule has 0 atom stereocenters. The van der Waals surface area contributed by atoms with Crippen molar-refractivity contribution in [2.24, 2.45) is 0 Å². The summed E-state index contributed by atoms with van der Waals surface area (Å²) < 4.78 is 0. The summed E-state index contributed by atoms with van der Waals surface area (Å²) >= 11 is 1.25. The van der Waals surface area contributed by atoms with Crippen molar-refractivity contribution in [2.75, 3.05) is 0 Å². The summed E-state index contributed by atoms with van der Waals surface area (Å²) in [6.45, 7) is 0. The van der Waals surface area contributed by atoms with E-state index in [1.807, 2.05) is 0 Å². The lowest BCUT2D eigenvalue weighted by Crippen LogP contribution is -1.91. The number of hydrogen-bond acceptors (Lipinski definition) is 6. The zero-order valence-electron chi connectivity index (χ0n) is 7.57. The van der Waals surface area contributed by atoms with Crippen LogP contribution in [0.5, 0.6) is 0 Å². The minimum atomic E-state index is 0.452. The van der Waals surface area contributed by atoms with Crippen LogP contribution in [0.15, 0.2) is 41.2 Å². The predicted molar refractivity (Wildman–Crippen MR) is 53.6 cm³/mol. The van der Waals surface area contributed by atoms with Gasteiger partial charge in [0.2, 0.25) is 0 Å². The molecule has 2 aromatic rings. The maximum absolute atomic E-state index is 10.4. The smallest absolute Gasteiger partial charge is 0.195 e. The first-order valence-electron chi connectivity index (χ1n) is 4.10. The van der Waals surface area contributed by atoms with Crippen molar-refractivity contribution in [1.29, 1.82) is 0 Å². The van der Waals surface area contributed by atoms with E-state index >= 15 is 0 Å². The third-order valence-corrected chi connectivity index (χ3v) is 2.30. The zero-order chi connectivity index (χ0) is 10.5. The number of hydrogen-bond donors (Lipinski definition) is 0. The number of rotatable bonds is 3. The third kappa shape index (κ3) is 2.57. The number of nitrogens with zero attached hydrogens (tertiary/aromatic N) is 4. The Balaban J connectivity index is 2.15. The maximum Gasteiger partial charge on any atom is 0.195 e. The van der Waals surface area contributed by atoms with Crippen LogP contribution in [0.3, 0.4) is 0 Å². The van der Waals surface area contributed by atoms with E-state index in [1.54, 1.807) is 18.5 Å². The first kappa shape index (κ1) is 9.72. The molecule has 0 fully saturated rings. The van der Waals surface area contributed by atoms with Gasteiger partial charge in [0.15, 0.2) is 16.6 Å². The summed E-state index contributed by atoms with van der Waals surface area (Å²) in [5.41, 5.74) is 0.452. The Hall–Kier alpha value is -1.82. The monoisotopic (exact) mass is 218 g/mol. The van der Waals surface area contributed by atoms with E-state index < -0.39 is 0 Å². The molecule has 5 nitrogen and oxygen atoms in total. The molecule has 0 radical (unpaired) electrons. The Kier molecular flexibility index (Phi) is 2.99. The van der Waals surface area contributed by atoms with Gasteiger partial charge in [-0.3, -0.25) is 4.79 Å². The summed E-state index contributed by atoms with van der Waals surface area (Å²) in [4.78, 5) is 26.4. The maximum atomic E-state index is 10.4. The SMILES string of the molecule is O=Cc1cnc(Sc2ncccn2)nc1. The van der Waals surface area contributed by atoms with E-state index in [2.05, 4.69) is 19.9 Å². The Morgan fingerprint density at radius 2 is 1.60 bits per heavy atom. The fourth-order valence-corrected chi connectivity index (χ4v) is 1.46. The predicted octanol–water partition coefficient (Wildman–Crippen LogP) is 1.23. The molecule has 74 valence electrons. The molecule has 0 unspecified atom stereocenters. The van der Waals surface area contributed by atoms with Gasteiger partial charge in [-0.05, 0) is 17.8 Å². The summed E-state index contributed by atoms with van der Waals surface area (Å²) in [5, 5.41) is 1.10. The van der Waals surface area contributed by atoms with E-state index in [9.17, 15) is 4.79 Å². The van der Waals surface area contributed by atoms with Crippen molar-refractivity contribution in [3.05, 3.63) is 36.4 Å². The molecule has 0 aliphatic carbocycles. The van der Waals surface area contributed by atoms with Gasteiger partial charge in [-0.25, -0.2) is 19.9 Å². The van der Waals surface area contributed by atoms with Crippen LogP contribution in [0.2, 0.25) is 0 Å². The Bertz CT molecular complexity index is 445. The van der Waals surface area contributed by atoms with E-state index in [0.717, 1.165) is 0 Å². The molecular formula is C9H6N4OS. The standard InChI is InChI=1S/C9H6N4OS/c14-6-7-4-12-9(13-5-7)15-8-10-2-1-3-11-8/h1-6H. The van der Waals surface area contributed by atoms with Crippen LogP contribution >= 0.6 is 11.8 Å². The van der Waals surface area contributed by atoms with Gasteiger partial charge in [-0.1, -0.05) is 0 Å². The van der Waals surface area contributed by atoms with E-state index in [0.29, 0.717) is 22.2 Å². The molecule has 0 saturated heterocycles. The van der Waals surface area contributed by atoms with Crippen molar-refractivity contribution in [1.82, 2.24) is 19.9 Å². The zero-order valence-corrected chi connectivity index (χ0v) is 8.39. The van der Waals surface area contributed by atoms with Crippen LogP contribution in [0, 0.1) is 0 Å². The highest BCUT2D eigenvalue weighted by Crippen LogP contribution is 2.18. The molecule has 2 rings (SSSR count). The van der Waals surface area contributed by atoms with Crippen LogP contribution in [0.25, 0.3) is 0 Å². The van der Waals surface area contributed by atoms with Crippen LogP contribution in [-0.4, -0.2) is 26.2 Å². The van der Waals surface area contributed by atoms with Crippen molar-refractivity contribution < 1.29 is 4.79 Å². The number of carbonyl (C=O) groups is 1. The molecule has 0 amide bonds. The molecule has 0 aromatic carbocycles. The second-order valence-electron chi connectivity index (χ2n) is 2.55. The molecule has 0 aliphatic heterocycles. The topological polar surface area (TPSA) is 68.6 Å². The second kappa shape index (κ2) is 4.61. The fraction of sp³-hybridized carbons (Fsp3) is 0. The highest BCUT2D eigenvalue weighted by atomic mass is 32.2. The normalized spacial score (nSPS) is 9.87. The van der Waals surface area contributed by atoms with Gasteiger partial charge in [-0.15, -0.1) is 0 Å². The summed E-state index contributed by atoms with van der Waals surface area (Å²) in [6.07, 6.45) is 6.92. The lowest BCUT2D eigenvalue weighted by atomic mass is 10.4. The minimum absolute atomic E-state index is 0.452. The molecule has 0 saturated carbocycles. The van der Waals surface area contributed by atoms with Gasteiger partial charge in [0.05, 0.1) is 5.56 Å². The van der Waals surface area contributed by atoms with Crippen molar-refractivity contribution in [2.45, 2.75) is 10.3 Å². The molecule has 0 aliphatic rings. The average molecular weight is 218 g/mol. The van der Waals surface area contributed by atoms with Gasteiger partial charge in [0.1, 0.15) is 0 Å². The van der Waals surface area contributed by atoms with Crippen molar-refractivity contribution >= 4 is 18.0 Å². The molecule has 0 bridgehead atoms. The van der Waals surface area contributed by atoms with Crippen molar-refractivity contribution in [3.63, 3.8) is 0 Å². The quantitative estimate of drug-likeness (QED) is 0.570. The van der Waals surface area contributed by atoms with Gasteiger partial charge < -0.3 is 0 Å². The van der Waals surface area contributed by atoms with Crippen LogP contribution in [-0.2, 0) is 0 Å². The first-order valence-corrected chi connectivity index (χ1v) is 4.92. The first-order chi connectivity index (χ1) is 7.38.